The van der Waals surface area contributed by atoms with E-state index < -0.39 is 4.92 Å². The second-order valence-corrected chi connectivity index (χ2v) is 5.49. The molecule has 0 unspecified atom stereocenters. The number of hydrogen-bond donors (Lipinski definition) is 0. The van der Waals surface area contributed by atoms with E-state index in [1.54, 1.807) is 12.1 Å². The number of rotatable bonds is 2. The quantitative estimate of drug-likeness (QED) is 0.573. The van der Waals surface area contributed by atoms with Crippen molar-refractivity contribution in [3.05, 3.63) is 54.7 Å². The molecule has 1 aromatic heterocycles. The van der Waals surface area contributed by atoms with Gasteiger partial charge in [0, 0.05) is 29.2 Å². The van der Waals surface area contributed by atoms with Crippen molar-refractivity contribution in [2.45, 2.75) is 13.8 Å². The molecule has 6 heteroatoms. The second-order valence-electron chi connectivity index (χ2n) is 3.91. The normalized spacial score (nSPS) is 10.7. The Kier molecular flexibility index (Phi) is 3.59. The van der Waals surface area contributed by atoms with Gasteiger partial charge in [0.15, 0.2) is 0 Å². The van der Waals surface area contributed by atoms with Gasteiger partial charge < -0.3 is 4.57 Å². The fourth-order valence-corrected chi connectivity index (χ4v) is 2.80. The van der Waals surface area contributed by atoms with Gasteiger partial charge in [-0.1, -0.05) is 0 Å². The minimum atomic E-state index is -0.398. The van der Waals surface area contributed by atoms with Crippen LogP contribution in [0.2, 0.25) is 0 Å². The third-order valence-electron chi connectivity index (χ3n) is 2.82. The molecule has 0 spiro atoms. The smallest absolute Gasteiger partial charge is 0.269 e. The molecule has 94 valence electrons. The number of halogens is 2. The van der Waals surface area contributed by atoms with Crippen molar-refractivity contribution in [1.82, 2.24) is 4.57 Å². The highest BCUT2D eigenvalue weighted by atomic mass is 79.9. The molecule has 0 N–H and O–H groups in total. The van der Waals surface area contributed by atoms with Crippen LogP contribution in [0.3, 0.4) is 0 Å². The van der Waals surface area contributed by atoms with Crippen LogP contribution in [0.25, 0.3) is 5.69 Å². The van der Waals surface area contributed by atoms with Gasteiger partial charge in [0.05, 0.1) is 13.9 Å². The van der Waals surface area contributed by atoms with E-state index in [9.17, 15) is 10.1 Å². The Labute approximate surface area is 121 Å². The van der Waals surface area contributed by atoms with Gasteiger partial charge in [-0.3, -0.25) is 10.1 Å². The van der Waals surface area contributed by atoms with Crippen molar-refractivity contribution in [1.29, 1.82) is 0 Å². The first-order chi connectivity index (χ1) is 8.43. The molecule has 0 aliphatic heterocycles. The fourth-order valence-electron chi connectivity index (χ4n) is 1.88. The topological polar surface area (TPSA) is 48.1 Å². The Morgan fingerprint density at radius 1 is 1.06 bits per heavy atom. The first-order valence-corrected chi connectivity index (χ1v) is 6.79. The molecule has 1 heterocycles. The van der Waals surface area contributed by atoms with Crippen LogP contribution in [0, 0.1) is 24.0 Å². The molecule has 0 amide bonds. The predicted octanol–water partition coefficient (Wildman–Crippen LogP) is 4.53. The molecular formula is C12H10Br2N2O2. The number of hydrogen-bond acceptors (Lipinski definition) is 2. The summed E-state index contributed by atoms with van der Waals surface area (Å²) in [5, 5.41) is 10.6. The maximum Gasteiger partial charge on any atom is 0.269 e. The molecule has 0 bridgehead atoms. The van der Waals surface area contributed by atoms with E-state index in [-0.39, 0.29) is 5.69 Å². The minimum Gasteiger partial charge on any atom is -0.316 e. The van der Waals surface area contributed by atoms with Crippen LogP contribution in [-0.4, -0.2) is 9.49 Å². The molecule has 0 fully saturated rings. The molecule has 0 saturated carbocycles. The van der Waals surface area contributed by atoms with Crippen LogP contribution in [0.15, 0.2) is 33.2 Å². The van der Waals surface area contributed by atoms with Crippen LogP contribution in [0.1, 0.15) is 11.4 Å². The van der Waals surface area contributed by atoms with Crippen molar-refractivity contribution in [3.8, 4) is 5.69 Å². The summed E-state index contributed by atoms with van der Waals surface area (Å²) in [5.74, 6) is 0. The Hall–Kier alpha value is -1.14. The molecule has 0 saturated heterocycles. The maximum atomic E-state index is 10.6. The summed E-state index contributed by atoms with van der Waals surface area (Å²) in [6, 6.07) is 6.51. The maximum absolute atomic E-state index is 10.6. The van der Waals surface area contributed by atoms with Crippen LogP contribution >= 0.6 is 31.9 Å². The number of nitro groups is 1. The summed E-state index contributed by atoms with van der Waals surface area (Å²) in [5.41, 5.74) is 3.10. The fraction of sp³-hybridized carbons (Fsp3) is 0.167. The SMILES string of the molecule is Cc1c(Br)c(Br)c(C)n1-c1ccc([N+](=O)[O-])cc1. The molecule has 4 nitrogen and oxygen atoms in total. The number of aromatic nitrogens is 1. The Morgan fingerprint density at radius 2 is 1.50 bits per heavy atom. The van der Waals surface area contributed by atoms with Gasteiger partial charge in [0.2, 0.25) is 0 Å². The molecule has 0 radical (unpaired) electrons. The van der Waals surface area contributed by atoms with Crippen molar-refractivity contribution in [2.24, 2.45) is 0 Å². The third kappa shape index (κ3) is 2.10. The van der Waals surface area contributed by atoms with Gasteiger partial charge in [-0.25, -0.2) is 0 Å². The zero-order valence-corrected chi connectivity index (χ0v) is 12.9. The summed E-state index contributed by atoms with van der Waals surface area (Å²) in [6.45, 7) is 3.98. The summed E-state index contributed by atoms with van der Waals surface area (Å²) in [6.07, 6.45) is 0. The van der Waals surface area contributed by atoms with Gasteiger partial charge >= 0.3 is 0 Å². The number of non-ortho nitro benzene ring substituents is 1. The van der Waals surface area contributed by atoms with E-state index in [1.807, 2.05) is 18.4 Å². The average molecular weight is 374 g/mol. The van der Waals surface area contributed by atoms with E-state index in [0.29, 0.717) is 0 Å². The van der Waals surface area contributed by atoms with E-state index in [1.165, 1.54) is 12.1 Å². The van der Waals surface area contributed by atoms with Crippen molar-refractivity contribution >= 4 is 37.5 Å². The van der Waals surface area contributed by atoms with Gasteiger partial charge in [-0.05, 0) is 57.8 Å². The molecule has 0 atom stereocenters. The first kappa shape index (κ1) is 13.3. The largest absolute Gasteiger partial charge is 0.316 e. The highest BCUT2D eigenvalue weighted by Gasteiger charge is 2.15. The molecule has 1 aromatic carbocycles. The first-order valence-electron chi connectivity index (χ1n) is 5.21. The number of nitro benzene ring substituents is 1. The summed E-state index contributed by atoms with van der Waals surface area (Å²) in [7, 11) is 0. The lowest BCUT2D eigenvalue weighted by Crippen LogP contribution is -1.99. The van der Waals surface area contributed by atoms with Gasteiger partial charge in [0.25, 0.3) is 5.69 Å². The third-order valence-corrected chi connectivity index (χ3v) is 5.29. The Balaban J connectivity index is 2.56. The monoisotopic (exact) mass is 372 g/mol. The number of nitrogens with zero attached hydrogens (tertiary/aromatic N) is 2. The van der Waals surface area contributed by atoms with Crippen LogP contribution in [0.4, 0.5) is 5.69 Å². The lowest BCUT2D eigenvalue weighted by molar-refractivity contribution is -0.384. The molecule has 0 aliphatic rings. The Morgan fingerprint density at radius 3 is 1.89 bits per heavy atom. The zero-order chi connectivity index (χ0) is 13.4. The van der Waals surface area contributed by atoms with Gasteiger partial charge in [-0.15, -0.1) is 0 Å². The lowest BCUT2D eigenvalue weighted by atomic mass is 10.2. The molecule has 2 rings (SSSR count). The van der Waals surface area contributed by atoms with Crippen LogP contribution < -0.4 is 0 Å². The van der Waals surface area contributed by atoms with E-state index in [4.69, 9.17) is 0 Å². The van der Waals surface area contributed by atoms with Gasteiger partial charge in [0.1, 0.15) is 0 Å². The van der Waals surface area contributed by atoms with Crippen LogP contribution in [0.5, 0.6) is 0 Å². The van der Waals surface area contributed by atoms with E-state index in [0.717, 1.165) is 26.0 Å². The average Bonchev–Trinajstić information content (AvgIpc) is 2.54. The minimum absolute atomic E-state index is 0.0966. The molecule has 2 aromatic rings. The predicted molar refractivity (Wildman–Crippen MR) is 77.3 cm³/mol. The standard InChI is InChI=1S/C12H10Br2N2O2/c1-7-11(13)12(14)8(2)15(7)9-3-5-10(6-4-9)16(17)18/h3-6H,1-2H3. The molecule has 18 heavy (non-hydrogen) atoms. The highest BCUT2D eigenvalue weighted by molar-refractivity contribution is 9.13. The lowest BCUT2D eigenvalue weighted by Gasteiger charge is -2.08. The summed E-state index contributed by atoms with van der Waals surface area (Å²) in [4.78, 5) is 10.2. The van der Waals surface area contributed by atoms with Crippen LogP contribution in [-0.2, 0) is 0 Å². The van der Waals surface area contributed by atoms with Gasteiger partial charge in [-0.2, -0.15) is 0 Å². The summed E-state index contributed by atoms with van der Waals surface area (Å²) >= 11 is 7.02. The number of benzene rings is 1. The highest BCUT2D eigenvalue weighted by Crippen LogP contribution is 2.34. The molecule has 0 aliphatic carbocycles. The van der Waals surface area contributed by atoms with Crippen molar-refractivity contribution in [2.75, 3.05) is 0 Å². The second kappa shape index (κ2) is 4.85. The van der Waals surface area contributed by atoms with Crippen molar-refractivity contribution < 1.29 is 4.92 Å². The Bertz CT molecular complexity index is 592. The zero-order valence-electron chi connectivity index (χ0n) is 9.78. The summed E-state index contributed by atoms with van der Waals surface area (Å²) < 4.78 is 4.04. The molecular weight excluding hydrogens is 364 g/mol. The van der Waals surface area contributed by atoms with Crippen molar-refractivity contribution in [3.63, 3.8) is 0 Å². The van der Waals surface area contributed by atoms with E-state index >= 15 is 0 Å². The van der Waals surface area contributed by atoms with E-state index in [2.05, 4.69) is 31.9 Å².